The van der Waals surface area contributed by atoms with Gasteiger partial charge < -0.3 is 4.74 Å². The number of hydrogen-bond acceptors (Lipinski definition) is 3. The summed E-state index contributed by atoms with van der Waals surface area (Å²) in [7, 11) is 1.44. The molecule has 0 heterocycles. The average Bonchev–Trinajstić information content (AvgIpc) is 2.22. The minimum Gasteiger partial charge on any atom is -0.469 e. The maximum absolute atomic E-state index is 11.2. The van der Waals surface area contributed by atoms with Gasteiger partial charge in [-0.05, 0) is 30.3 Å². The number of hydrogen-bond donors (Lipinski definition) is 0. The molecule has 3 heteroatoms. The van der Waals surface area contributed by atoms with E-state index in [0.717, 1.165) is 17.7 Å². The summed E-state index contributed by atoms with van der Waals surface area (Å²) in [5.74, 6) is 1.63. The monoisotopic (exact) mass is 230 g/mol. The Morgan fingerprint density at radius 2 is 2.07 bits per heavy atom. The van der Waals surface area contributed by atoms with Crippen LogP contribution in [0.1, 0.15) is 26.7 Å². The second-order valence-corrected chi connectivity index (χ2v) is 4.97. The third kappa shape index (κ3) is 5.88. The molecule has 0 radical (unpaired) electrons. The first-order chi connectivity index (χ1) is 7.02. The molecule has 0 amide bonds. The van der Waals surface area contributed by atoms with Gasteiger partial charge in [0.05, 0.1) is 13.5 Å². The first-order valence-corrected chi connectivity index (χ1v) is 6.66. The van der Waals surface area contributed by atoms with Crippen molar-refractivity contribution in [1.29, 1.82) is 0 Å². The van der Waals surface area contributed by atoms with Crippen LogP contribution in [0.2, 0.25) is 0 Å². The molecule has 0 bridgehead atoms. The fourth-order valence-electron chi connectivity index (χ4n) is 1.43. The Morgan fingerprint density at radius 1 is 1.47 bits per heavy atom. The molecule has 0 aliphatic rings. The van der Waals surface area contributed by atoms with Crippen LogP contribution < -0.4 is 0 Å². The Labute approximate surface area is 97.5 Å². The maximum Gasteiger partial charge on any atom is 0.306 e. The third-order valence-corrected chi connectivity index (χ3v) is 3.22. The SMILES string of the molecule is C=C(C(C)C)C(CCSC)CC(=O)OC. The molecule has 0 saturated heterocycles. The fourth-order valence-corrected chi connectivity index (χ4v) is 1.95. The van der Waals surface area contributed by atoms with Crippen LogP contribution in [0.3, 0.4) is 0 Å². The molecule has 0 N–H and O–H groups in total. The van der Waals surface area contributed by atoms with Crippen molar-refractivity contribution in [2.75, 3.05) is 19.1 Å². The van der Waals surface area contributed by atoms with Crippen LogP contribution in [-0.2, 0) is 9.53 Å². The van der Waals surface area contributed by atoms with E-state index in [-0.39, 0.29) is 11.9 Å². The van der Waals surface area contributed by atoms with Crippen LogP contribution in [0.5, 0.6) is 0 Å². The molecule has 0 fully saturated rings. The summed E-state index contributed by atoms with van der Waals surface area (Å²) in [6, 6.07) is 0. The molecule has 0 aromatic heterocycles. The number of rotatable bonds is 7. The van der Waals surface area contributed by atoms with E-state index in [0.29, 0.717) is 12.3 Å². The van der Waals surface area contributed by atoms with Crippen molar-refractivity contribution in [1.82, 2.24) is 0 Å². The minimum atomic E-state index is -0.136. The molecule has 1 atom stereocenters. The van der Waals surface area contributed by atoms with E-state index in [1.165, 1.54) is 7.11 Å². The summed E-state index contributed by atoms with van der Waals surface area (Å²) in [6.07, 6.45) is 3.55. The van der Waals surface area contributed by atoms with Crippen LogP contribution in [-0.4, -0.2) is 25.1 Å². The van der Waals surface area contributed by atoms with E-state index in [1.54, 1.807) is 11.8 Å². The highest BCUT2D eigenvalue weighted by atomic mass is 32.2. The first-order valence-electron chi connectivity index (χ1n) is 5.27. The smallest absolute Gasteiger partial charge is 0.306 e. The topological polar surface area (TPSA) is 26.3 Å². The van der Waals surface area contributed by atoms with E-state index in [9.17, 15) is 4.79 Å². The Morgan fingerprint density at radius 3 is 2.47 bits per heavy atom. The summed E-state index contributed by atoms with van der Waals surface area (Å²) in [5.41, 5.74) is 1.16. The summed E-state index contributed by atoms with van der Waals surface area (Å²) in [4.78, 5) is 11.2. The molecule has 0 saturated carbocycles. The predicted molar refractivity (Wildman–Crippen MR) is 67.1 cm³/mol. The lowest BCUT2D eigenvalue weighted by molar-refractivity contribution is -0.141. The van der Waals surface area contributed by atoms with Gasteiger partial charge in [-0.25, -0.2) is 0 Å². The van der Waals surface area contributed by atoms with Crippen molar-refractivity contribution < 1.29 is 9.53 Å². The van der Waals surface area contributed by atoms with Crippen LogP contribution >= 0.6 is 11.8 Å². The van der Waals surface area contributed by atoms with Gasteiger partial charge in [-0.15, -0.1) is 0 Å². The van der Waals surface area contributed by atoms with Gasteiger partial charge in [-0.2, -0.15) is 11.8 Å². The van der Waals surface area contributed by atoms with Crippen LogP contribution in [0, 0.1) is 11.8 Å². The Hall–Kier alpha value is -0.440. The molecule has 0 aromatic rings. The summed E-state index contributed by atoms with van der Waals surface area (Å²) in [5, 5.41) is 0. The molecule has 1 unspecified atom stereocenters. The molecular formula is C12H22O2S. The van der Waals surface area contributed by atoms with Crippen LogP contribution in [0.15, 0.2) is 12.2 Å². The zero-order valence-corrected chi connectivity index (χ0v) is 11.0. The Bertz CT molecular complexity index is 212. The van der Waals surface area contributed by atoms with Crippen LogP contribution in [0.25, 0.3) is 0 Å². The van der Waals surface area contributed by atoms with Gasteiger partial charge >= 0.3 is 5.97 Å². The second-order valence-electron chi connectivity index (χ2n) is 3.99. The highest BCUT2D eigenvalue weighted by Crippen LogP contribution is 2.25. The number of carbonyl (C=O) groups excluding carboxylic acids is 1. The third-order valence-electron chi connectivity index (χ3n) is 2.58. The minimum absolute atomic E-state index is 0.136. The fraction of sp³-hybridized carbons (Fsp3) is 0.750. The second kappa shape index (κ2) is 7.80. The van der Waals surface area contributed by atoms with E-state index in [2.05, 4.69) is 26.7 Å². The van der Waals surface area contributed by atoms with Gasteiger partial charge in [0.2, 0.25) is 0 Å². The van der Waals surface area contributed by atoms with Gasteiger partial charge in [-0.1, -0.05) is 26.0 Å². The maximum atomic E-state index is 11.2. The van der Waals surface area contributed by atoms with Crippen molar-refractivity contribution in [3.63, 3.8) is 0 Å². The molecule has 2 nitrogen and oxygen atoms in total. The molecular weight excluding hydrogens is 208 g/mol. The predicted octanol–water partition coefficient (Wildman–Crippen LogP) is 3.13. The summed E-state index contributed by atoms with van der Waals surface area (Å²) < 4.78 is 4.70. The zero-order chi connectivity index (χ0) is 11.8. The average molecular weight is 230 g/mol. The lowest BCUT2D eigenvalue weighted by Crippen LogP contribution is -2.15. The van der Waals surface area contributed by atoms with Crippen molar-refractivity contribution in [2.24, 2.45) is 11.8 Å². The van der Waals surface area contributed by atoms with Crippen molar-refractivity contribution in [3.05, 3.63) is 12.2 Å². The van der Waals surface area contributed by atoms with Gasteiger partial charge in [-0.3, -0.25) is 4.79 Å². The molecule has 0 rings (SSSR count). The first kappa shape index (κ1) is 14.6. The lowest BCUT2D eigenvalue weighted by Gasteiger charge is -2.20. The van der Waals surface area contributed by atoms with Crippen LogP contribution in [0.4, 0.5) is 0 Å². The van der Waals surface area contributed by atoms with E-state index in [1.807, 2.05) is 0 Å². The van der Waals surface area contributed by atoms with E-state index < -0.39 is 0 Å². The number of thioether (sulfide) groups is 1. The summed E-state index contributed by atoms with van der Waals surface area (Å²) >= 11 is 1.80. The molecule has 0 aliphatic carbocycles. The summed E-state index contributed by atoms with van der Waals surface area (Å²) in [6.45, 7) is 8.31. The zero-order valence-electron chi connectivity index (χ0n) is 10.2. The van der Waals surface area contributed by atoms with Gasteiger partial charge in [0, 0.05) is 0 Å². The lowest BCUT2D eigenvalue weighted by atomic mass is 9.87. The van der Waals surface area contributed by atoms with Gasteiger partial charge in [0.1, 0.15) is 0 Å². The number of esters is 1. The number of ether oxygens (including phenoxy) is 1. The molecule has 88 valence electrons. The standard InChI is InChI=1S/C12H22O2S/c1-9(2)10(3)11(6-7-15-5)8-12(13)14-4/h9,11H,3,6-8H2,1-2,4-5H3. The van der Waals surface area contributed by atoms with E-state index >= 15 is 0 Å². The Kier molecular flexibility index (Phi) is 7.57. The molecule has 0 aliphatic heterocycles. The van der Waals surface area contributed by atoms with Gasteiger partial charge in [0.15, 0.2) is 0 Å². The highest BCUT2D eigenvalue weighted by molar-refractivity contribution is 7.98. The number of allylic oxidation sites excluding steroid dienone is 1. The molecule has 0 spiro atoms. The normalized spacial score (nSPS) is 12.6. The van der Waals surface area contributed by atoms with E-state index in [4.69, 9.17) is 4.74 Å². The molecule has 15 heavy (non-hydrogen) atoms. The highest BCUT2D eigenvalue weighted by Gasteiger charge is 2.18. The largest absolute Gasteiger partial charge is 0.469 e. The van der Waals surface area contributed by atoms with Gasteiger partial charge in [0.25, 0.3) is 0 Å². The van der Waals surface area contributed by atoms with Crippen molar-refractivity contribution in [2.45, 2.75) is 26.7 Å². The quantitative estimate of drug-likeness (QED) is 0.496. The van der Waals surface area contributed by atoms with Crippen molar-refractivity contribution >= 4 is 17.7 Å². The number of methoxy groups -OCH3 is 1. The van der Waals surface area contributed by atoms with Crippen molar-refractivity contribution in [3.8, 4) is 0 Å². The Balaban J connectivity index is 4.29. The molecule has 0 aromatic carbocycles. The number of carbonyl (C=O) groups is 1.